The fraction of sp³-hybridized carbons (Fsp3) is 0.0769. The van der Waals surface area contributed by atoms with Crippen molar-refractivity contribution in [2.45, 2.75) is 6.54 Å². The van der Waals surface area contributed by atoms with Crippen molar-refractivity contribution in [2.24, 2.45) is 0 Å². The van der Waals surface area contributed by atoms with Crippen molar-refractivity contribution < 1.29 is 9.72 Å². The number of nitro groups is 1. The molecule has 0 fully saturated rings. The molecule has 0 aliphatic rings. The van der Waals surface area contributed by atoms with Crippen molar-refractivity contribution in [2.75, 3.05) is 0 Å². The maximum atomic E-state index is 12.0. The highest BCUT2D eigenvalue weighted by Gasteiger charge is 2.23. The lowest BCUT2D eigenvalue weighted by atomic mass is 10.1. The van der Waals surface area contributed by atoms with Gasteiger partial charge in [-0.3, -0.25) is 19.9 Å². The highest BCUT2D eigenvalue weighted by molar-refractivity contribution is 6.33. The van der Waals surface area contributed by atoms with E-state index in [1.165, 1.54) is 18.2 Å². The molecule has 20 heavy (non-hydrogen) atoms. The number of benzene rings is 1. The van der Waals surface area contributed by atoms with Gasteiger partial charge in [0.05, 0.1) is 4.92 Å². The molecule has 7 heteroatoms. The Hall–Kier alpha value is -2.47. The number of nitrogens with one attached hydrogen (secondary N) is 1. The minimum absolute atomic E-state index is 0.0587. The Morgan fingerprint density at radius 2 is 2.00 bits per heavy atom. The Kier molecular flexibility index (Phi) is 4.27. The van der Waals surface area contributed by atoms with Gasteiger partial charge in [0.15, 0.2) is 0 Å². The van der Waals surface area contributed by atoms with E-state index in [9.17, 15) is 14.9 Å². The number of hydrogen-bond donors (Lipinski definition) is 1. The zero-order chi connectivity index (χ0) is 14.5. The molecule has 102 valence electrons. The van der Waals surface area contributed by atoms with Crippen LogP contribution in [-0.2, 0) is 6.54 Å². The molecule has 1 aromatic carbocycles. The van der Waals surface area contributed by atoms with Crippen molar-refractivity contribution in [1.29, 1.82) is 0 Å². The zero-order valence-electron chi connectivity index (χ0n) is 10.2. The van der Waals surface area contributed by atoms with Crippen molar-refractivity contribution in [3.63, 3.8) is 0 Å². The molecule has 0 aliphatic carbocycles. The summed E-state index contributed by atoms with van der Waals surface area (Å²) in [7, 11) is 0. The van der Waals surface area contributed by atoms with E-state index >= 15 is 0 Å². The molecular weight excluding hydrogens is 282 g/mol. The van der Waals surface area contributed by atoms with Gasteiger partial charge in [-0.1, -0.05) is 17.7 Å². The summed E-state index contributed by atoms with van der Waals surface area (Å²) in [5.74, 6) is -0.545. The van der Waals surface area contributed by atoms with Crippen LogP contribution < -0.4 is 5.32 Å². The summed E-state index contributed by atoms with van der Waals surface area (Å²) in [6.07, 6.45) is 3.20. The standard InChI is InChI=1S/C13H10ClN3O3/c14-11-3-1-2-10(12(11)17(19)20)13(18)16-8-9-4-6-15-7-5-9/h1-7H,8H2,(H,16,18). The Labute approximate surface area is 119 Å². The number of carbonyl (C=O) groups is 1. The van der Waals surface area contributed by atoms with Crippen LogP contribution in [0.2, 0.25) is 5.02 Å². The van der Waals surface area contributed by atoms with Crippen LogP contribution in [0.15, 0.2) is 42.7 Å². The summed E-state index contributed by atoms with van der Waals surface area (Å²) in [4.78, 5) is 26.2. The molecule has 0 aliphatic heterocycles. The van der Waals surface area contributed by atoms with Gasteiger partial charge in [0.2, 0.25) is 0 Å². The van der Waals surface area contributed by atoms with Gasteiger partial charge in [-0.25, -0.2) is 0 Å². The maximum Gasteiger partial charge on any atom is 0.300 e. The summed E-state index contributed by atoms with van der Waals surface area (Å²) in [5.41, 5.74) is 0.399. The lowest BCUT2D eigenvalue weighted by Gasteiger charge is -2.06. The number of pyridine rings is 1. The van der Waals surface area contributed by atoms with Gasteiger partial charge in [0.25, 0.3) is 5.91 Å². The van der Waals surface area contributed by atoms with Gasteiger partial charge in [0.1, 0.15) is 10.6 Å². The number of aromatic nitrogens is 1. The summed E-state index contributed by atoms with van der Waals surface area (Å²) < 4.78 is 0. The van der Waals surface area contributed by atoms with Crippen LogP contribution in [0.5, 0.6) is 0 Å². The number of nitrogens with zero attached hydrogens (tertiary/aromatic N) is 2. The van der Waals surface area contributed by atoms with Crippen LogP contribution >= 0.6 is 11.6 Å². The molecule has 0 atom stereocenters. The van der Waals surface area contributed by atoms with E-state index in [1.54, 1.807) is 24.5 Å². The van der Waals surface area contributed by atoms with Crippen LogP contribution in [0.1, 0.15) is 15.9 Å². The fourth-order valence-electron chi connectivity index (χ4n) is 1.66. The number of nitro benzene ring substituents is 1. The SMILES string of the molecule is O=C(NCc1ccncc1)c1cccc(Cl)c1[N+](=O)[O-]. The maximum absolute atomic E-state index is 12.0. The van der Waals surface area contributed by atoms with Crippen LogP contribution in [0.25, 0.3) is 0 Å². The third-order valence-corrected chi connectivity index (χ3v) is 2.92. The Morgan fingerprint density at radius 3 is 2.65 bits per heavy atom. The van der Waals surface area contributed by atoms with Crippen LogP contribution in [-0.4, -0.2) is 15.8 Å². The van der Waals surface area contributed by atoms with Crippen molar-refractivity contribution in [1.82, 2.24) is 10.3 Å². The topological polar surface area (TPSA) is 85.1 Å². The van der Waals surface area contributed by atoms with Gasteiger partial charge < -0.3 is 5.32 Å². The molecule has 0 bridgehead atoms. The second-order valence-corrected chi connectivity index (χ2v) is 4.34. The predicted molar refractivity (Wildman–Crippen MR) is 73.5 cm³/mol. The zero-order valence-corrected chi connectivity index (χ0v) is 11.0. The molecule has 1 amide bonds. The molecular formula is C13H10ClN3O3. The van der Waals surface area contributed by atoms with E-state index < -0.39 is 10.8 Å². The minimum Gasteiger partial charge on any atom is -0.348 e. The quantitative estimate of drug-likeness (QED) is 0.693. The number of amides is 1. The summed E-state index contributed by atoms with van der Waals surface area (Å²) in [6, 6.07) is 7.72. The van der Waals surface area contributed by atoms with Gasteiger partial charge in [0, 0.05) is 18.9 Å². The molecule has 0 saturated carbocycles. The molecule has 0 radical (unpaired) electrons. The highest BCUT2D eigenvalue weighted by Crippen LogP contribution is 2.28. The molecule has 2 rings (SSSR count). The first-order valence-corrected chi connectivity index (χ1v) is 6.07. The van der Waals surface area contributed by atoms with E-state index in [4.69, 9.17) is 11.6 Å². The molecule has 1 aromatic heterocycles. The van der Waals surface area contributed by atoms with Gasteiger partial charge in [-0.05, 0) is 29.8 Å². The van der Waals surface area contributed by atoms with Crippen LogP contribution in [0.3, 0.4) is 0 Å². The van der Waals surface area contributed by atoms with Crippen molar-refractivity contribution in [3.05, 3.63) is 69.0 Å². The van der Waals surface area contributed by atoms with Gasteiger partial charge in [-0.2, -0.15) is 0 Å². The second kappa shape index (κ2) is 6.12. The number of halogens is 1. The lowest BCUT2D eigenvalue weighted by molar-refractivity contribution is -0.385. The molecule has 1 heterocycles. The van der Waals surface area contributed by atoms with Crippen molar-refractivity contribution >= 4 is 23.2 Å². The molecule has 0 unspecified atom stereocenters. The predicted octanol–water partition coefficient (Wildman–Crippen LogP) is 2.57. The first kappa shape index (κ1) is 14.0. The Morgan fingerprint density at radius 1 is 1.30 bits per heavy atom. The van der Waals surface area contributed by atoms with E-state index in [0.29, 0.717) is 0 Å². The van der Waals surface area contributed by atoms with Crippen molar-refractivity contribution in [3.8, 4) is 0 Å². The number of para-hydroxylation sites is 1. The number of carbonyl (C=O) groups excluding carboxylic acids is 1. The molecule has 6 nitrogen and oxygen atoms in total. The van der Waals surface area contributed by atoms with E-state index in [2.05, 4.69) is 10.3 Å². The largest absolute Gasteiger partial charge is 0.348 e. The average molecular weight is 292 g/mol. The summed E-state index contributed by atoms with van der Waals surface area (Å²) in [5, 5.41) is 13.5. The smallest absolute Gasteiger partial charge is 0.300 e. The molecule has 0 saturated heterocycles. The second-order valence-electron chi connectivity index (χ2n) is 3.93. The van der Waals surface area contributed by atoms with E-state index in [0.717, 1.165) is 5.56 Å². The number of rotatable bonds is 4. The normalized spacial score (nSPS) is 10.1. The third-order valence-electron chi connectivity index (χ3n) is 2.62. The Balaban J connectivity index is 2.18. The minimum atomic E-state index is -0.663. The van der Waals surface area contributed by atoms with E-state index in [1.807, 2.05) is 0 Å². The first-order valence-electron chi connectivity index (χ1n) is 5.69. The Bertz CT molecular complexity index is 647. The fourth-order valence-corrected chi connectivity index (χ4v) is 1.91. The highest BCUT2D eigenvalue weighted by atomic mass is 35.5. The van der Waals surface area contributed by atoms with E-state index in [-0.39, 0.29) is 22.8 Å². The molecule has 1 N–H and O–H groups in total. The summed E-state index contributed by atoms with van der Waals surface area (Å²) in [6.45, 7) is 0.255. The van der Waals surface area contributed by atoms with Gasteiger partial charge >= 0.3 is 5.69 Å². The first-order chi connectivity index (χ1) is 9.59. The summed E-state index contributed by atoms with van der Waals surface area (Å²) >= 11 is 5.76. The molecule has 2 aromatic rings. The lowest BCUT2D eigenvalue weighted by Crippen LogP contribution is -2.23. The third kappa shape index (κ3) is 3.10. The van der Waals surface area contributed by atoms with Gasteiger partial charge in [-0.15, -0.1) is 0 Å². The number of hydrogen-bond acceptors (Lipinski definition) is 4. The van der Waals surface area contributed by atoms with Crippen LogP contribution in [0, 0.1) is 10.1 Å². The molecule has 0 spiro atoms. The van der Waals surface area contributed by atoms with Crippen LogP contribution in [0.4, 0.5) is 5.69 Å². The monoisotopic (exact) mass is 291 g/mol. The average Bonchev–Trinajstić information content (AvgIpc) is 2.45.